The average Bonchev–Trinajstić information content (AvgIpc) is 2.78. The molecule has 0 bridgehead atoms. The van der Waals surface area contributed by atoms with E-state index in [-0.39, 0.29) is 10.8 Å². The van der Waals surface area contributed by atoms with Crippen LogP contribution in [0, 0.1) is 0 Å². The summed E-state index contributed by atoms with van der Waals surface area (Å²) in [5, 5.41) is 2.76. The van der Waals surface area contributed by atoms with Crippen molar-refractivity contribution in [1.29, 1.82) is 0 Å². The molecule has 2 aromatic carbocycles. The number of anilines is 1. The molecular weight excluding hydrogens is 408 g/mol. The van der Waals surface area contributed by atoms with Gasteiger partial charge in [0.2, 0.25) is 15.8 Å². The van der Waals surface area contributed by atoms with E-state index in [4.69, 9.17) is 14.2 Å². The third kappa shape index (κ3) is 4.52. The Kier molecular flexibility index (Phi) is 6.84. The van der Waals surface area contributed by atoms with Crippen LogP contribution in [0.3, 0.4) is 0 Å². The number of hydrogen-bond acceptors (Lipinski definition) is 6. The molecule has 9 heteroatoms. The van der Waals surface area contributed by atoms with E-state index in [1.54, 1.807) is 24.3 Å². The van der Waals surface area contributed by atoms with Crippen molar-refractivity contribution in [1.82, 2.24) is 4.31 Å². The SMILES string of the molecule is COc1cc(C(=O)Nc2ccc(S(=O)(=O)N3CCCCC3)cc2)cc(OC)c1OC. The van der Waals surface area contributed by atoms with E-state index in [2.05, 4.69) is 5.32 Å². The number of methoxy groups -OCH3 is 3. The van der Waals surface area contributed by atoms with Gasteiger partial charge in [-0.25, -0.2) is 8.42 Å². The summed E-state index contributed by atoms with van der Waals surface area (Å²) in [6.45, 7) is 1.09. The molecule has 1 saturated heterocycles. The molecule has 1 heterocycles. The predicted octanol–water partition coefficient (Wildman–Crippen LogP) is 3.14. The Balaban J connectivity index is 1.78. The molecule has 1 aliphatic heterocycles. The number of sulfonamides is 1. The minimum absolute atomic E-state index is 0.218. The van der Waals surface area contributed by atoms with E-state index in [0.717, 1.165) is 19.3 Å². The molecule has 0 saturated carbocycles. The Hall–Kier alpha value is -2.78. The van der Waals surface area contributed by atoms with Gasteiger partial charge in [0.15, 0.2) is 11.5 Å². The maximum Gasteiger partial charge on any atom is 0.255 e. The van der Waals surface area contributed by atoms with Crippen LogP contribution in [0.25, 0.3) is 0 Å². The van der Waals surface area contributed by atoms with Crippen molar-refractivity contribution in [2.24, 2.45) is 0 Å². The molecule has 1 amide bonds. The zero-order valence-electron chi connectivity index (χ0n) is 17.3. The summed E-state index contributed by atoms with van der Waals surface area (Å²) in [6, 6.07) is 9.26. The lowest BCUT2D eigenvalue weighted by atomic mass is 10.1. The van der Waals surface area contributed by atoms with Gasteiger partial charge in [-0.2, -0.15) is 4.31 Å². The Morgan fingerprint density at radius 3 is 1.97 bits per heavy atom. The van der Waals surface area contributed by atoms with Crippen LogP contribution in [-0.4, -0.2) is 53.0 Å². The average molecular weight is 435 g/mol. The summed E-state index contributed by atoms with van der Waals surface area (Å²) in [5.74, 6) is 0.736. The fourth-order valence-electron chi connectivity index (χ4n) is 3.38. The van der Waals surface area contributed by atoms with Crippen LogP contribution in [0.2, 0.25) is 0 Å². The van der Waals surface area contributed by atoms with Crippen molar-refractivity contribution in [2.45, 2.75) is 24.2 Å². The second-order valence-corrected chi connectivity index (χ2v) is 8.80. The van der Waals surface area contributed by atoms with Gasteiger partial charge in [0.1, 0.15) is 0 Å². The van der Waals surface area contributed by atoms with Crippen molar-refractivity contribution >= 4 is 21.6 Å². The quantitative estimate of drug-likeness (QED) is 0.720. The van der Waals surface area contributed by atoms with Gasteiger partial charge in [-0.05, 0) is 49.2 Å². The summed E-state index contributed by atoms with van der Waals surface area (Å²) in [4.78, 5) is 12.9. The molecule has 0 atom stereocenters. The first kappa shape index (κ1) is 21.9. The lowest BCUT2D eigenvalue weighted by molar-refractivity contribution is 0.102. The lowest BCUT2D eigenvalue weighted by Gasteiger charge is -2.25. The zero-order chi connectivity index (χ0) is 21.7. The smallest absolute Gasteiger partial charge is 0.255 e. The maximum absolute atomic E-state index is 12.7. The number of nitrogens with one attached hydrogen (secondary N) is 1. The van der Waals surface area contributed by atoms with Gasteiger partial charge in [0.05, 0.1) is 26.2 Å². The fourth-order valence-corrected chi connectivity index (χ4v) is 4.90. The molecule has 2 aromatic rings. The third-order valence-corrected chi connectivity index (χ3v) is 6.90. The predicted molar refractivity (Wildman–Crippen MR) is 113 cm³/mol. The molecule has 0 aromatic heterocycles. The first-order chi connectivity index (χ1) is 14.4. The molecule has 162 valence electrons. The third-order valence-electron chi connectivity index (χ3n) is 4.99. The largest absolute Gasteiger partial charge is 0.493 e. The number of ether oxygens (including phenoxy) is 3. The van der Waals surface area contributed by atoms with Gasteiger partial charge in [0, 0.05) is 24.3 Å². The van der Waals surface area contributed by atoms with E-state index < -0.39 is 10.0 Å². The number of carbonyl (C=O) groups is 1. The van der Waals surface area contributed by atoms with Crippen LogP contribution in [0.1, 0.15) is 29.6 Å². The molecule has 8 nitrogen and oxygen atoms in total. The minimum atomic E-state index is -3.51. The molecule has 1 fully saturated rings. The first-order valence-electron chi connectivity index (χ1n) is 9.62. The Labute approximate surface area is 176 Å². The van der Waals surface area contributed by atoms with Crippen molar-refractivity contribution in [3.8, 4) is 17.2 Å². The molecule has 1 N–H and O–H groups in total. The van der Waals surface area contributed by atoms with E-state index >= 15 is 0 Å². The second kappa shape index (κ2) is 9.36. The van der Waals surface area contributed by atoms with E-state index in [1.165, 1.54) is 37.8 Å². The van der Waals surface area contributed by atoms with Crippen molar-refractivity contribution in [2.75, 3.05) is 39.7 Å². The number of carbonyl (C=O) groups excluding carboxylic acids is 1. The maximum atomic E-state index is 12.7. The van der Waals surface area contributed by atoms with Gasteiger partial charge in [-0.15, -0.1) is 0 Å². The molecule has 0 aliphatic carbocycles. The number of nitrogens with zero attached hydrogens (tertiary/aromatic N) is 1. The lowest BCUT2D eigenvalue weighted by Crippen LogP contribution is -2.35. The van der Waals surface area contributed by atoms with Crippen molar-refractivity contribution < 1.29 is 27.4 Å². The van der Waals surface area contributed by atoms with Crippen molar-refractivity contribution in [3.63, 3.8) is 0 Å². The molecule has 30 heavy (non-hydrogen) atoms. The minimum Gasteiger partial charge on any atom is -0.493 e. The van der Waals surface area contributed by atoms with Crippen LogP contribution in [0.5, 0.6) is 17.2 Å². The number of benzene rings is 2. The van der Waals surface area contributed by atoms with Gasteiger partial charge < -0.3 is 19.5 Å². The van der Waals surface area contributed by atoms with Crippen LogP contribution in [0.15, 0.2) is 41.3 Å². The van der Waals surface area contributed by atoms with Crippen LogP contribution in [0.4, 0.5) is 5.69 Å². The topological polar surface area (TPSA) is 94.2 Å². The number of rotatable bonds is 7. The molecule has 0 unspecified atom stereocenters. The Bertz CT molecular complexity index is 974. The van der Waals surface area contributed by atoms with Crippen molar-refractivity contribution in [3.05, 3.63) is 42.0 Å². The Morgan fingerprint density at radius 2 is 1.47 bits per heavy atom. The second-order valence-electron chi connectivity index (χ2n) is 6.86. The van der Waals surface area contributed by atoms with Gasteiger partial charge in [-0.3, -0.25) is 4.79 Å². The highest BCUT2D eigenvalue weighted by Gasteiger charge is 2.25. The normalized spacial score (nSPS) is 14.8. The summed E-state index contributed by atoms with van der Waals surface area (Å²) in [5.41, 5.74) is 0.792. The van der Waals surface area contributed by atoms with Crippen LogP contribution in [-0.2, 0) is 10.0 Å². The number of amides is 1. The molecule has 1 aliphatic rings. The highest BCUT2D eigenvalue weighted by Crippen LogP contribution is 2.38. The van der Waals surface area contributed by atoms with E-state index in [1.807, 2.05) is 0 Å². The van der Waals surface area contributed by atoms with Crippen LogP contribution >= 0.6 is 0 Å². The summed E-state index contributed by atoms with van der Waals surface area (Å²) < 4.78 is 42.8. The first-order valence-corrected chi connectivity index (χ1v) is 11.1. The summed E-state index contributed by atoms with van der Waals surface area (Å²) >= 11 is 0. The van der Waals surface area contributed by atoms with Gasteiger partial charge in [0.25, 0.3) is 5.91 Å². The molecule has 3 rings (SSSR count). The zero-order valence-corrected chi connectivity index (χ0v) is 18.1. The Morgan fingerprint density at radius 1 is 0.900 bits per heavy atom. The van der Waals surface area contributed by atoms with E-state index in [9.17, 15) is 13.2 Å². The van der Waals surface area contributed by atoms with E-state index in [0.29, 0.717) is 41.6 Å². The molecular formula is C21H26N2O6S. The fraction of sp³-hybridized carbons (Fsp3) is 0.381. The standard InChI is InChI=1S/C21H26N2O6S/c1-27-18-13-15(14-19(28-2)20(18)29-3)21(24)22-16-7-9-17(10-8-16)30(25,26)23-11-5-4-6-12-23/h7-10,13-14H,4-6,11-12H2,1-3H3,(H,22,24). The molecule has 0 spiro atoms. The highest BCUT2D eigenvalue weighted by molar-refractivity contribution is 7.89. The monoisotopic (exact) mass is 434 g/mol. The van der Waals surface area contributed by atoms with Gasteiger partial charge >= 0.3 is 0 Å². The number of hydrogen-bond donors (Lipinski definition) is 1. The number of piperidine rings is 1. The highest BCUT2D eigenvalue weighted by atomic mass is 32.2. The molecule has 0 radical (unpaired) electrons. The van der Waals surface area contributed by atoms with Gasteiger partial charge in [-0.1, -0.05) is 6.42 Å². The summed E-state index contributed by atoms with van der Waals surface area (Å²) in [7, 11) is 0.920. The van der Waals surface area contributed by atoms with Crippen LogP contribution < -0.4 is 19.5 Å². The summed E-state index contributed by atoms with van der Waals surface area (Å²) in [6.07, 6.45) is 2.81.